The summed E-state index contributed by atoms with van der Waals surface area (Å²) in [5, 5.41) is 6.45. The second kappa shape index (κ2) is 5.78. The Bertz CT molecular complexity index is 542. The molecule has 0 radical (unpaired) electrons. The van der Waals surface area contributed by atoms with Crippen LogP contribution in [-0.2, 0) is 6.42 Å². The van der Waals surface area contributed by atoms with Crippen LogP contribution < -0.4 is 5.32 Å². The molecule has 2 aromatic rings. The van der Waals surface area contributed by atoms with Crippen LogP contribution in [0.3, 0.4) is 0 Å². The van der Waals surface area contributed by atoms with Crippen molar-refractivity contribution in [2.24, 2.45) is 0 Å². The monoisotopic (exact) mass is 284 g/mol. The largest absolute Gasteiger partial charge is 0.313 e. The van der Waals surface area contributed by atoms with E-state index >= 15 is 0 Å². The average molecular weight is 285 g/mol. The highest BCUT2D eigenvalue weighted by Crippen LogP contribution is 2.24. The lowest BCUT2D eigenvalue weighted by atomic mass is 10.0. The molecule has 1 heterocycles. The lowest BCUT2D eigenvalue weighted by Crippen LogP contribution is -2.18. The van der Waals surface area contributed by atoms with Crippen molar-refractivity contribution in [3.05, 3.63) is 50.7 Å². The predicted octanol–water partition coefficient (Wildman–Crippen LogP) is 3.75. The molecule has 5 heteroatoms. The van der Waals surface area contributed by atoms with Crippen LogP contribution in [0.2, 0.25) is 5.02 Å². The van der Waals surface area contributed by atoms with Crippen molar-refractivity contribution in [3.8, 4) is 0 Å². The molecule has 96 valence electrons. The van der Waals surface area contributed by atoms with E-state index in [1.165, 1.54) is 6.07 Å². The molecule has 1 aromatic heterocycles. The second-order valence-electron chi connectivity index (χ2n) is 4.10. The van der Waals surface area contributed by atoms with Crippen LogP contribution >= 0.6 is 22.9 Å². The van der Waals surface area contributed by atoms with Crippen LogP contribution in [0.1, 0.15) is 22.3 Å². The molecule has 1 unspecified atom stereocenters. The van der Waals surface area contributed by atoms with Crippen LogP contribution in [-0.4, -0.2) is 12.0 Å². The molecule has 1 aromatic carbocycles. The summed E-state index contributed by atoms with van der Waals surface area (Å²) < 4.78 is 13.1. The number of rotatable bonds is 4. The minimum atomic E-state index is -0.389. The van der Waals surface area contributed by atoms with Crippen molar-refractivity contribution in [3.63, 3.8) is 0 Å². The zero-order valence-electron chi connectivity index (χ0n) is 10.2. The van der Waals surface area contributed by atoms with Crippen LogP contribution in [0.15, 0.2) is 23.6 Å². The smallest absolute Gasteiger partial charge is 0.141 e. The maximum absolute atomic E-state index is 13.1. The third kappa shape index (κ3) is 3.07. The lowest BCUT2D eigenvalue weighted by Gasteiger charge is -2.15. The molecule has 0 saturated heterocycles. The summed E-state index contributed by atoms with van der Waals surface area (Å²) >= 11 is 7.44. The molecular weight excluding hydrogens is 271 g/mol. The number of halogens is 2. The number of likely N-dealkylation sites (N-methyl/N-ethyl adjacent to an activating group) is 1. The third-order valence-electron chi connectivity index (χ3n) is 2.74. The Labute approximate surface area is 115 Å². The lowest BCUT2D eigenvalue weighted by molar-refractivity contribution is 0.584. The highest BCUT2D eigenvalue weighted by molar-refractivity contribution is 7.09. The van der Waals surface area contributed by atoms with E-state index in [0.29, 0.717) is 0 Å². The highest BCUT2D eigenvalue weighted by atomic mass is 35.5. The van der Waals surface area contributed by atoms with E-state index in [0.717, 1.165) is 22.7 Å². The number of hydrogen-bond donors (Lipinski definition) is 1. The van der Waals surface area contributed by atoms with Crippen molar-refractivity contribution in [2.75, 3.05) is 7.05 Å². The Morgan fingerprint density at radius 2 is 2.28 bits per heavy atom. The van der Waals surface area contributed by atoms with Crippen LogP contribution in [0.4, 0.5) is 4.39 Å². The topological polar surface area (TPSA) is 24.9 Å². The summed E-state index contributed by atoms with van der Waals surface area (Å²) in [4.78, 5) is 4.44. The molecule has 0 aliphatic heterocycles. The van der Waals surface area contributed by atoms with Gasteiger partial charge < -0.3 is 5.32 Å². The van der Waals surface area contributed by atoms with Crippen molar-refractivity contribution in [1.82, 2.24) is 10.3 Å². The van der Waals surface area contributed by atoms with E-state index in [9.17, 15) is 4.39 Å². The fourth-order valence-corrected chi connectivity index (χ4v) is 2.79. The van der Waals surface area contributed by atoms with Gasteiger partial charge in [-0.05, 0) is 31.7 Å². The van der Waals surface area contributed by atoms with Gasteiger partial charge >= 0.3 is 0 Å². The number of nitrogens with zero attached hydrogens (tertiary/aromatic N) is 1. The summed E-state index contributed by atoms with van der Waals surface area (Å²) in [5.41, 5.74) is 2.00. The van der Waals surface area contributed by atoms with Gasteiger partial charge in [0.2, 0.25) is 0 Å². The number of thiazole rings is 1. The first kappa shape index (κ1) is 13.5. The second-order valence-corrected chi connectivity index (χ2v) is 5.45. The van der Waals surface area contributed by atoms with Crippen molar-refractivity contribution in [1.29, 1.82) is 0 Å². The molecule has 18 heavy (non-hydrogen) atoms. The predicted molar refractivity (Wildman–Crippen MR) is 73.8 cm³/mol. The van der Waals surface area contributed by atoms with Crippen molar-refractivity contribution < 1.29 is 4.39 Å². The third-order valence-corrected chi connectivity index (χ3v) is 4.02. The summed E-state index contributed by atoms with van der Waals surface area (Å²) in [6.45, 7) is 1.98. The van der Waals surface area contributed by atoms with Gasteiger partial charge in [-0.1, -0.05) is 17.7 Å². The van der Waals surface area contributed by atoms with Gasteiger partial charge in [0, 0.05) is 23.5 Å². The molecule has 0 fully saturated rings. The first-order chi connectivity index (χ1) is 8.60. The van der Waals surface area contributed by atoms with E-state index in [2.05, 4.69) is 10.3 Å². The molecule has 0 amide bonds. The quantitative estimate of drug-likeness (QED) is 0.925. The van der Waals surface area contributed by atoms with E-state index in [1.54, 1.807) is 23.5 Å². The highest BCUT2D eigenvalue weighted by Gasteiger charge is 2.13. The van der Waals surface area contributed by atoms with Gasteiger partial charge in [0.15, 0.2) is 0 Å². The summed E-state index contributed by atoms with van der Waals surface area (Å²) in [6.07, 6.45) is 0.775. The minimum absolute atomic E-state index is 0.0913. The summed E-state index contributed by atoms with van der Waals surface area (Å²) in [5.74, 6) is -0.389. The Hall–Kier alpha value is -0.970. The number of aryl methyl sites for hydroxylation is 1. The normalized spacial score (nSPS) is 12.7. The zero-order chi connectivity index (χ0) is 13.1. The van der Waals surface area contributed by atoms with E-state index in [4.69, 9.17) is 11.6 Å². The maximum atomic E-state index is 13.1. The Morgan fingerprint density at radius 3 is 2.83 bits per heavy atom. The van der Waals surface area contributed by atoms with Crippen molar-refractivity contribution >= 4 is 22.9 Å². The Morgan fingerprint density at radius 1 is 1.50 bits per heavy atom. The van der Waals surface area contributed by atoms with Gasteiger partial charge in [0.1, 0.15) is 5.82 Å². The van der Waals surface area contributed by atoms with E-state index in [-0.39, 0.29) is 16.9 Å². The molecule has 1 atom stereocenters. The molecular formula is C13H14ClFN2S. The Kier molecular flexibility index (Phi) is 4.32. The standard InChI is InChI=1S/C13H14ClFN2S/c1-8-7-18-13(17-8)6-12(16-2)9-3-4-11(15)10(14)5-9/h3-5,7,12,16H,6H2,1-2H3. The van der Waals surface area contributed by atoms with Crippen LogP contribution in [0.25, 0.3) is 0 Å². The van der Waals surface area contributed by atoms with E-state index in [1.807, 2.05) is 19.4 Å². The first-order valence-electron chi connectivity index (χ1n) is 5.63. The Balaban J connectivity index is 2.19. The fraction of sp³-hybridized carbons (Fsp3) is 0.308. The molecule has 1 N–H and O–H groups in total. The van der Waals surface area contributed by atoms with Gasteiger partial charge in [0.25, 0.3) is 0 Å². The molecule has 0 bridgehead atoms. The minimum Gasteiger partial charge on any atom is -0.313 e. The van der Waals surface area contributed by atoms with Gasteiger partial charge in [-0.2, -0.15) is 0 Å². The SMILES string of the molecule is CNC(Cc1nc(C)cs1)c1ccc(F)c(Cl)c1. The molecule has 0 spiro atoms. The summed E-state index contributed by atoms with van der Waals surface area (Å²) in [6, 6.07) is 4.91. The van der Waals surface area contributed by atoms with E-state index < -0.39 is 0 Å². The first-order valence-corrected chi connectivity index (χ1v) is 6.89. The fourth-order valence-electron chi connectivity index (χ4n) is 1.79. The number of hydrogen-bond acceptors (Lipinski definition) is 3. The van der Waals surface area contributed by atoms with Gasteiger partial charge in [0.05, 0.1) is 10.0 Å². The van der Waals surface area contributed by atoms with Gasteiger partial charge in [-0.3, -0.25) is 0 Å². The van der Waals surface area contributed by atoms with Crippen LogP contribution in [0.5, 0.6) is 0 Å². The van der Waals surface area contributed by atoms with Crippen molar-refractivity contribution in [2.45, 2.75) is 19.4 Å². The number of nitrogens with one attached hydrogen (secondary N) is 1. The average Bonchev–Trinajstić information content (AvgIpc) is 2.75. The molecule has 0 aliphatic rings. The molecule has 2 rings (SSSR count). The van der Waals surface area contributed by atoms with Gasteiger partial charge in [-0.15, -0.1) is 11.3 Å². The van der Waals surface area contributed by atoms with Gasteiger partial charge in [-0.25, -0.2) is 9.37 Å². The number of benzene rings is 1. The summed E-state index contributed by atoms with van der Waals surface area (Å²) in [7, 11) is 1.88. The zero-order valence-corrected chi connectivity index (χ0v) is 11.8. The van der Waals surface area contributed by atoms with Crippen LogP contribution in [0, 0.1) is 12.7 Å². The number of aromatic nitrogens is 1. The molecule has 0 aliphatic carbocycles. The maximum Gasteiger partial charge on any atom is 0.141 e. The molecule has 0 saturated carbocycles. The molecule has 2 nitrogen and oxygen atoms in total.